The highest BCUT2D eigenvalue weighted by Crippen LogP contribution is 2.54. The number of morpholine rings is 1. The molecule has 3 atom stereocenters. The van der Waals surface area contributed by atoms with E-state index in [4.69, 9.17) is 14.2 Å². The predicted molar refractivity (Wildman–Crippen MR) is 164 cm³/mol. The lowest BCUT2D eigenvalue weighted by molar-refractivity contribution is -0.0210. The predicted octanol–water partition coefficient (Wildman–Crippen LogP) is 4.63. The zero-order chi connectivity index (χ0) is 32.6. The third kappa shape index (κ3) is 4.44. The molecule has 1 aliphatic carbocycles. The second-order valence-corrected chi connectivity index (χ2v) is 13.6. The van der Waals surface area contributed by atoms with Gasteiger partial charge in [-0.3, -0.25) is 19.3 Å². The van der Waals surface area contributed by atoms with Crippen molar-refractivity contribution in [2.24, 2.45) is 0 Å². The van der Waals surface area contributed by atoms with E-state index in [0.29, 0.717) is 11.3 Å². The molecule has 5 heterocycles. The topological polar surface area (TPSA) is 99.5 Å². The number of alkyl halides is 2. The lowest BCUT2D eigenvalue weighted by Crippen LogP contribution is -2.66. The molecule has 1 aromatic heterocycles. The second-order valence-electron chi connectivity index (χ2n) is 11.6. The molecular weight excluding hydrogens is 639 g/mol. The first kappa shape index (κ1) is 29.8. The molecule has 4 aliphatic heterocycles. The molecule has 1 amide bonds. The zero-order valence-corrected chi connectivity index (χ0v) is 25.9. The Hall–Kier alpha value is -4.56. The maximum absolute atomic E-state index is 16.0. The standard InChI is InChI=1S/C33H28F3N3O7S/c1-43-32(42)46-17-45-29-22(40)9-12-38-28(29)31(41)37-13-14-44-16-24(37)39(38)27-19-4-2-3-5-23(19)47-15-10-18-8-11-33(35,36)26-21(34)7-6-20(27)25(26)30(18)47/h2-7,9-10,12,24,27H,8,11,13-17H2,1H3/t24-,27-,47?/m1/s1. The minimum absolute atomic E-state index is 0.0740. The van der Waals surface area contributed by atoms with Crippen molar-refractivity contribution in [1.29, 1.82) is 0 Å². The molecule has 5 aliphatic rings. The normalized spacial score (nSPS) is 23.4. The Kier molecular flexibility index (Phi) is 6.99. The van der Waals surface area contributed by atoms with Crippen molar-refractivity contribution in [3.63, 3.8) is 0 Å². The van der Waals surface area contributed by atoms with E-state index in [-0.39, 0.29) is 43.2 Å². The average molecular weight is 668 g/mol. The number of benzene rings is 2. The Morgan fingerprint density at radius 1 is 1.13 bits per heavy atom. The molecule has 0 spiro atoms. The summed E-state index contributed by atoms with van der Waals surface area (Å²) in [7, 11) is 0.458. The molecule has 3 aromatic rings. The number of carbonyl (C=O) groups is 2. The fourth-order valence-corrected chi connectivity index (χ4v) is 9.90. The summed E-state index contributed by atoms with van der Waals surface area (Å²) in [6, 6.07) is 10.7. The molecule has 0 N–H and O–H groups in total. The molecule has 244 valence electrons. The van der Waals surface area contributed by atoms with Crippen LogP contribution in [0, 0.1) is 5.82 Å². The van der Waals surface area contributed by atoms with Crippen molar-refractivity contribution < 1.29 is 41.7 Å². The minimum atomic E-state index is -3.43. The molecule has 1 fully saturated rings. The summed E-state index contributed by atoms with van der Waals surface area (Å²) >= 11 is 0. The van der Waals surface area contributed by atoms with Gasteiger partial charge in [0, 0.05) is 46.3 Å². The van der Waals surface area contributed by atoms with Crippen LogP contribution in [0.2, 0.25) is 0 Å². The van der Waals surface area contributed by atoms with Crippen LogP contribution in [0.1, 0.15) is 51.6 Å². The van der Waals surface area contributed by atoms with Gasteiger partial charge in [0.25, 0.3) is 11.8 Å². The number of hydrogen-bond acceptors (Lipinski definition) is 8. The maximum Gasteiger partial charge on any atom is 0.510 e. The van der Waals surface area contributed by atoms with E-state index in [1.807, 2.05) is 35.4 Å². The van der Waals surface area contributed by atoms with E-state index in [1.165, 1.54) is 16.9 Å². The largest absolute Gasteiger partial charge is 0.510 e. The summed E-state index contributed by atoms with van der Waals surface area (Å²) < 4.78 is 70.0. The van der Waals surface area contributed by atoms with Crippen LogP contribution in [0.15, 0.2) is 70.0 Å². The van der Waals surface area contributed by atoms with Gasteiger partial charge in [0.1, 0.15) is 12.0 Å². The van der Waals surface area contributed by atoms with Crippen molar-refractivity contribution in [3.8, 4) is 5.75 Å². The monoisotopic (exact) mass is 667 g/mol. The number of pyridine rings is 1. The van der Waals surface area contributed by atoms with Crippen molar-refractivity contribution in [3.05, 3.63) is 104 Å². The number of allylic oxidation sites excluding steroid dienone is 1. The number of methoxy groups -OCH3 is 1. The quantitative estimate of drug-likeness (QED) is 0.226. The summed E-state index contributed by atoms with van der Waals surface area (Å²) in [5.74, 6) is -4.67. The van der Waals surface area contributed by atoms with E-state index in [0.717, 1.165) is 34.1 Å². The summed E-state index contributed by atoms with van der Waals surface area (Å²) in [5.41, 5.74) is 0.864. The first-order chi connectivity index (χ1) is 22.7. The molecule has 14 heteroatoms. The zero-order valence-electron chi connectivity index (χ0n) is 25.0. The lowest BCUT2D eigenvalue weighted by atomic mass is 9.86. The van der Waals surface area contributed by atoms with Gasteiger partial charge in [-0.1, -0.05) is 30.3 Å². The van der Waals surface area contributed by atoms with Gasteiger partial charge in [-0.05, 0) is 35.3 Å². The number of halogens is 3. The van der Waals surface area contributed by atoms with Gasteiger partial charge < -0.3 is 23.8 Å². The lowest BCUT2D eigenvalue weighted by Gasteiger charge is -2.51. The highest BCUT2D eigenvalue weighted by Gasteiger charge is 2.50. The summed E-state index contributed by atoms with van der Waals surface area (Å²) in [5, 5.41) is 1.83. The van der Waals surface area contributed by atoms with E-state index < -0.39 is 70.7 Å². The molecule has 2 aromatic carbocycles. The molecule has 0 bridgehead atoms. The van der Waals surface area contributed by atoms with E-state index in [1.54, 1.807) is 11.0 Å². The van der Waals surface area contributed by atoms with Gasteiger partial charge >= 0.3 is 6.16 Å². The molecule has 8 rings (SSSR count). The number of rotatable bonds is 4. The smallest absolute Gasteiger partial charge is 0.451 e. The van der Waals surface area contributed by atoms with Crippen LogP contribution in [0.4, 0.5) is 18.0 Å². The second kappa shape index (κ2) is 11.0. The van der Waals surface area contributed by atoms with Gasteiger partial charge in [0.15, 0.2) is 5.69 Å². The first-order valence-corrected chi connectivity index (χ1v) is 16.4. The fraction of sp³-hybridized carbons (Fsp3) is 0.333. The SMILES string of the molecule is COC(=O)OCOc1c2n(ccc1=O)N([C@@H]1c3ccccc3S3=C4C(=CC3)CCC(F)(F)c3c(F)ccc1c34)[C@@H]1COCCN1C2=O. The first-order valence-electron chi connectivity index (χ1n) is 15.0. The van der Waals surface area contributed by atoms with Crippen LogP contribution in [-0.2, 0) is 20.1 Å². The highest BCUT2D eigenvalue weighted by molar-refractivity contribution is 8.17. The van der Waals surface area contributed by atoms with Crippen LogP contribution in [0.25, 0.3) is 0 Å². The Bertz CT molecular complexity index is 1990. The number of ether oxygens (including phenoxy) is 4. The maximum atomic E-state index is 16.0. The van der Waals surface area contributed by atoms with Crippen LogP contribution in [0.5, 0.6) is 5.75 Å². The van der Waals surface area contributed by atoms with Crippen LogP contribution >= 0.6 is 10.5 Å². The van der Waals surface area contributed by atoms with Gasteiger partial charge in [-0.25, -0.2) is 18.0 Å². The number of carbonyl (C=O) groups excluding carboxylic acids is 2. The van der Waals surface area contributed by atoms with E-state index >= 15 is 13.2 Å². The third-order valence-corrected chi connectivity index (χ3v) is 11.6. The number of aromatic nitrogens is 1. The van der Waals surface area contributed by atoms with Crippen molar-refractivity contribution in [1.82, 2.24) is 9.58 Å². The van der Waals surface area contributed by atoms with Crippen LogP contribution in [-0.4, -0.2) is 72.1 Å². The number of hydrogen-bond donors (Lipinski definition) is 0. The summed E-state index contributed by atoms with van der Waals surface area (Å²) in [4.78, 5) is 42.1. The van der Waals surface area contributed by atoms with Crippen molar-refractivity contribution >= 4 is 27.4 Å². The van der Waals surface area contributed by atoms with Crippen molar-refractivity contribution in [2.75, 3.05) is 44.4 Å². The Morgan fingerprint density at radius 2 is 1.96 bits per heavy atom. The Labute approximate surface area is 268 Å². The van der Waals surface area contributed by atoms with E-state index in [2.05, 4.69) is 4.74 Å². The number of fused-ring (bicyclic) bond motifs is 4. The van der Waals surface area contributed by atoms with Gasteiger partial charge in [-0.15, -0.1) is 10.5 Å². The molecule has 0 saturated carbocycles. The molecule has 1 unspecified atom stereocenters. The van der Waals surface area contributed by atoms with Crippen LogP contribution < -0.4 is 15.2 Å². The fourth-order valence-electron chi connectivity index (χ4n) is 7.30. The summed E-state index contributed by atoms with van der Waals surface area (Å²) in [6.07, 6.45) is 1.26. The average Bonchev–Trinajstić information content (AvgIpc) is 3.40. The van der Waals surface area contributed by atoms with Gasteiger partial charge in [-0.2, -0.15) is 0 Å². The minimum Gasteiger partial charge on any atom is -0.451 e. The Balaban J connectivity index is 1.41. The molecule has 1 saturated heterocycles. The van der Waals surface area contributed by atoms with Gasteiger partial charge in [0.2, 0.25) is 18.0 Å². The summed E-state index contributed by atoms with van der Waals surface area (Å²) in [6.45, 7) is -0.236. The third-order valence-electron chi connectivity index (χ3n) is 9.26. The van der Waals surface area contributed by atoms with Gasteiger partial charge in [0.05, 0.1) is 31.9 Å². The molecule has 47 heavy (non-hydrogen) atoms. The Morgan fingerprint density at radius 3 is 2.79 bits per heavy atom. The van der Waals surface area contributed by atoms with E-state index in [9.17, 15) is 14.4 Å². The van der Waals surface area contributed by atoms with Crippen molar-refractivity contribution in [2.45, 2.75) is 35.9 Å². The molecule has 10 nitrogen and oxygen atoms in total. The van der Waals surface area contributed by atoms with Crippen LogP contribution in [0.3, 0.4) is 0 Å². The molecule has 0 radical (unpaired) electrons. The number of nitrogens with zero attached hydrogens (tertiary/aromatic N) is 3. The molecular formula is C33H28F3N3O7S. The highest BCUT2D eigenvalue weighted by atomic mass is 32.2. The number of amides is 1.